The Morgan fingerprint density at radius 3 is 1.81 bits per heavy atom. The molecule has 0 aliphatic rings. The van der Waals surface area contributed by atoms with Crippen molar-refractivity contribution < 1.29 is 14.2 Å². The fraction of sp³-hybridized carbons (Fsp3) is 0.0204. The number of nitrogens with zero attached hydrogens (tertiary/aromatic N) is 6. The van der Waals surface area contributed by atoms with Gasteiger partial charge in [-0.2, -0.15) is 4.57 Å². The first-order valence-corrected chi connectivity index (χ1v) is 20.1. The average molecular weight is 843 g/mol. The maximum atomic E-state index is 13.4. The van der Waals surface area contributed by atoms with Crippen molar-refractivity contribution in [2.24, 2.45) is 0 Å². The molecule has 0 unspecified atom stereocenters. The summed E-state index contributed by atoms with van der Waals surface area (Å²) in [6, 6.07) is 39.0. The molecule has 6 aromatic heterocycles. The first kappa shape index (κ1) is 40.2. The second-order valence-corrected chi connectivity index (χ2v) is 14.6. The van der Waals surface area contributed by atoms with Crippen LogP contribution in [0.2, 0.25) is 0 Å². The Bertz CT molecular complexity index is 3160. The fourth-order valence-corrected chi connectivity index (χ4v) is 6.91. The van der Waals surface area contributed by atoms with Gasteiger partial charge in [0.15, 0.2) is 12.4 Å². The Morgan fingerprint density at radius 2 is 1.11 bits per heavy atom. The van der Waals surface area contributed by atoms with Crippen molar-refractivity contribution >= 4 is 85.7 Å². The van der Waals surface area contributed by atoms with Crippen LogP contribution in [0.4, 0.5) is 63.0 Å². The van der Waals surface area contributed by atoms with Gasteiger partial charge in [0.05, 0.1) is 11.2 Å². The Hall–Kier alpha value is -9.24. The first-order valence-electron chi connectivity index (χ1n) is 20.1. The van der Waals surface area contributed by atoms with Crippen LogP contribution < -0.4 is 42.2 Å². The number of nitrogens with one attached hydrogen (secondary N) is 6. The highest BCUT2D eigenvalue weighted by Gasteiger charge is 2.16. The number of carbonyl (C=O) groups excluding carboxylic acids is 2. The van der Waals surface area contributed by atoms with Crippen LogP contribution in [-0.2, 0) is 0 Å². The zero-order chi connectivity index (χ0) is 43.8. The summed E-state index contributed by atoms with van der Waals surface area (Å²) in [6.45, 7) is 1.88. The lowest BCUT2D eigenvalue weighted by molar-refractivity contribution is -0.595. The molecule has 64 heavy (non-hydrogen) atoms. The van der Waals surface area contributed by atoms with E-state index in [1.54, 1.807) is 79.6 Å². The van der Waals surface area contributed by atoms with Crippen LogP contribution in [0.5, 0.6) is 0 Å². The minimum atomic E-state index is -0.313. The van der Waals surface area contributed by atoms with E-state index in [1.807, 2.05) is 109 Å². The number of rotatable bonds is 13. The van der Waals surface area contributed by atoms with Gasteiger partial charge in [-0.3, -0.25) is 19.6 Å². The molecule has 6 heterocycles. The van der Waals surface area contributed by atoms with E-state index in [2.05, 4.69) is 56.8 Å². The predicted octanol–water partition coefficient (Wildman–Crippen LogP) is 9.46. The van der Waals surface area contributed by atoms with Crippen molar-refractivity contribution in [1.82, 2.24) is 24.9 Å². The van der Waals surface area contributed by atoms with Gasteiger partial charge in [0.1, 0.15) is 29.3 Å². The van der Waals surface area contributed by atoms with Gasteiger partial charge >= 0.3 is 0 Å². The van der Waals surface area contributed by atoms with Crippen molar-refractivity contribution in [2.75, 3.05) is 37.6 Å². The number of amides is 2. The molecular weight excluding hydrogens is 803 g/mol. The van der Waals surface area contributed by atoms with Gasteiger partial charge in [-0.1, -0.05) is 18.2 Å². The molecule has 9 rings (SSSR count). The summed E-state index contributed by atoms with van der Waals surface area (Å²) in [4.78, 5) is 48.3. The third kappa shape index (κ3) is 9.38. The second-order valence-electron chi connectivity index (χ2n) is 14.6. The van der Waals surface area contributed by atoms with E-state index < -0.39 is 0 Å². The molecule has 15 heteroatoms. The summed E-state index contributed by atoms with van der Waals surface area (Å²) in [6.07, 6.45) is 13.9. The highest BCUT2D eigenvalue weighted by molar-refractivity contribution is 6.05. The van der Waals surface area contributed by atoms with Crippen LogP contribution in [0, 0.1) is 6.92 Å². The zero-order valence-electron chi connectivity index (χ0n) is 34.3. The molecule has 2 amide bonds. The molecule has 0 spiro atoms. The third-order valence-corrected chi connectivity index (χ3v) is 10.2. The number of aromatic nitrogens is 6. The van der Waals surface area contributed by atoms with Crippen molar-refractivity contribution in [3.63, 3.8) is 0 Å². The Kier molecular flexibility index (Phi) is 11.4. The van der Waals surface area contributed by atoms with Crippen molar-refractivity contribution in [2.45, 2.75) is 6.92 Å². The van der Waals surface area contributed by atoms with Gasteiger partial charge in [-0.15, -0.1) is 0 Å². The minimum absolute atomic E-state index is 0.291. The van der Waals surface area contributed by atoms with E-state index in [-0.39, 0.29) is 11.8 Å². The zero-order valence-corrected chi connectivity index (χ0v) is 34.3. The lowest BCUT2D eigenvalue weighted by atomic mass is 10.1. The van der Waals surface area contributed by atoms with Crippen LogP contribution in [0.1, 0.15) is 26.3 Å². The molecule has 3 aromatic carbocycles. The van der Waals surface area contributed by atoms with E-state index in [0.29, 0.717) is 34.3 Å². The summed E-state index contributed by atoms with van der Waals surface area (Å²) in [5, 5.41) is 20.4. The van der Waals surface area contributed by atoms with Crippen LogP contribution >= 0.6 is 0 Å². The summed E-state index contributed by atoms with van der Waals surface area (Å²) in [7, 11) is 0. The number of hydrogen-bond donors (Lipinski definition) is 7. The molecule has 0 bridgehead atoms. The molecule has 9 aromatic rings. The Morgan fingerprint density at radius 1 is 0.516 bits per heavy atom. The van der Waals surface area contributed by atoms with Crippen molar-refractivity contribution in [1.29, 1.82) is 0 Å². The van der Waals surface area contributed by atoms with Gasteiger partial charge in [-0.25, -0.2) is 15.0 Å². The number of carbonyl (C=O) groups is 2. The molecule has 0 saturated heterocycles. The summed E-state index contributed by atoms with van der Waals surface area (Å²) in [5.41, 5.74) is 15.6. The molecule has 0 aliphatic heterocycles. The number of nitrogen functional groups attached to an aromatic ring is 1. The molecule has 0 saturated carbocycles. The Labute approximate surface area is 367 Å². The van der Waals surface area contributed by atoms with Crippen molar-refractivity contribution in [3.05, 3.63) is 194 Å². The molecule has 0 fully saturated rings. The lowest BCUT2D eigenvalue weighted by Gasteiger charge is -2.12. The normalized spacial score (nSPS) is 10.8. The lowest BCUT2D eigenvalue weighted by Crippen LogP contribution is -2.30. The largest absolute Gasteiger partial charge is 0.383 e. The predicted molar refractivity (Wildman–Crippen MR) is 251 cm³/mol. The number of hydrogen-bond acceptors (Lipinski definition) is 12. The molecular formula is C49H40N13O2+. The molecule has 0 radical (unpaired) electrons. The van der Waals surface area contributed by atoms with E-state index in [1.165, 1.54) is 0 Å². The quantitative estimate of drug-likeness (QED) is 0.0543. The minimum Gasteiger partial charge on any atom is -0.383 e. The van der Waals surface area contributed by atoms with E-state index >= 15 is 0 Å². The fourth-order valence-electron chi connectivity index (χ4n) is 6.91. The molecule has 312 valence electrons. The summed E-state index contributed by atoms with van der Waals surface area (Å²) >= 11 is 0. The van der Waals surface area contributed by atoms with Gasteiger partial charge in [0, 0.05) is 111 Å². The van der Waals surface area contributed by atoms with E-state index in [9.17, 15) is 9.59 Å². The van der Waals surface area contributed by atoms with Gasteiger partial charge in [-0.05, 0) is 91.9 Å². The average Bonchev–Trinajstić information content (AvgIpc) is 3.31. The Balaban J connectivity index is 0.826. The summed E-state index contributed by atoms with van der Waals surface area (Å²) < 4.78 is 1.94. The third-order valence-electron chi connectivity index (χ3n) is 10.2. The highest BCUT2D eigenvalue weighted by Crippen LogP contribution is 2.28. The standard InChI is InChI=1S/C49H39N13O2/c1-31-40(16-23-55-47(31)50)57-35-8-2-6-32(26-35)48(63)61-46-29-38(14-22-54-46)59-43-15-20-51-30-44(43)62-24-17-34(18-25-62)56-37-13-21-53-45(28-37)60-49(64)33-7-3-9-36(27-33)58-42-12-4-11-41-39(42)10-5-19-52-41/h2-30H,1H3,(H7,50,51,52,53,54,55,57,58,59,60,61,63,64)/p+1. The topological polar surface area (TPSA) is 201 Å². The van der Waals surface area contributed by atoms with E-state index in [4.69, 9.17) is 5.73 Å². The smallest absolute Gasteiger partial charge is 0.256 e. The number of pyridine rings is 6. The van der Waals surface area contributed by atoms with Crippen LogP contribution in [-0.4, -0.2) is 36.7 Å². The second kappa shape index (κ2) is 18.2. The highest BCUT2D eigenvalue weighted by atomic mass is 16.2. The number of anilines is 11. The number of nitrogens with two attached hydrogens (primary N) is 1. The molecule has 15 nitrogen and oxygen atoms in total. The van der Waals surface area contributed by atoms with Gasteiger partial charge in [0.25, 0.3) is 17.5 Å². The number of benzene rings is 3. The number of fused-ring (bicyclic) bond motifs is 1. The molecule has 8 N–H and O–H groups in total. The van der Waals surface area contributed by atoms with Crippen LogP contribution in [0.3, 0.4) is 0 Å². The maximum Gasteiger partial charge on any atom is 0.256 e. The maximum absolute atomic E-state index is 13.4. The van der Waals surface area contributed by atoms with Crippen molar-refractivity contribution in [3.8, 4) is 5.69 Å². The van der Waals surface area contributed by atoms with Crippen LogP contribution in [0.25, 0.3) is 16.6 Å². The van der Waals surface area contributed by atoms with E-state index in [0.717, 1.165) is 62.0 Å². The monoisotopic (exact) mass is 842 g/mol. The van der Waals surface area contributed by atoms with Gasteiger partial charge in [0.2, 0.25) is 0 Å². The van der Waals surface area contributed by atoms with Crippen LogP contribution in [0.15, 0.2) is 177 Å². The van der Waals surface area contributed by atoms with Gasteiger partial charge < -0.3 is 37.6 Å². The summed E-state index contributed by atoms with van der Waals surface area (Å²) in [5.74, 6) is 0.606. The SMILES string of the molecule is Cc1c(Nc2cccc(C(=O)Nc3cc(Nc4ccncc4-[n+]4ccc(Nc5ccnc(NC(=O)c6cccc(Nc7cccc8ncccc78)c6)c5)cc4)ccn3)c2)ccnc1N. The molecule has 0 aliphatic carbocycles. The first-order chi connectivity index (χ1) is 31.3. The molecule has 0 atom stereocenters.